The summed E-state index contributed by atoms with van der Waals surface area (Å²) in [5, 5.41) is 19.8. The van der Waals surface area contributed by atoms with Gasteiger partial charge in [-0.15, -0.1) is 0 Å². The maximum atomic E-state index is 14.5. The molecule has 0 radical (unpaired) electrons. The second-order valence-electron chi connectivity index (χ2n) is 14.4. The summed E-state index contributed by atoms with van der Waals surface area (Å²) in [4.78, 5) is 70.7. The fourth-order valence-electron chi connectivity index (χ4n) is 6.74. The predicted molar refractivity (Wildman–Crippen MR) is 232 cm³/mol. The van der Waals surface area contributed by atoms with Crippen molar-refractivity contribution in [2.75, 3.05) is 46.4 Å². The van der Waals surface area contributed by atoms with E-state index in [1.165, 1.54) is 18.9 Å². The van der Waals surface area contributed by atoms with Crippen molar-refractivity contribution in [1.29, 1.82) is 5.26 Å². The molecule has 16 heteroatoms. The van der Waals surface area contributed by atoms with E-state index in [-0.39, 0.29) is 57.8 Å². The van der Waals surface area contributed by atoms with Gasteiger partial charge in [-0.25, -0.2) is 0 Å². The van der Waals surface area contributed by atoms with Crippen molar-refractivity contribution in [2.45, 2.75) is 43.9 Å². The molecule has 0 saturated heterocycles. The Morgan fingerprint density at radius 2 is 1.45 bits per heavy atom. The number of nitriles is 1. The van der Waals surface area contributed by atoms with Gasteiger partial charge in [0.2, 0.25) is 23.6 Å². The van der Waals surface area contributed by atoms with Crippen LogP contribution < -0.4 is 47.9 Å². The summed E-state index contributed by atoms with van der Waals surface area (Å²) >= 11 is 0. The molecule has 0 aromatic heterocycles. The van der Waals surface area contributed by atoms with E-state index in [0.717, 1.165) is 5.56 Å². The molecule has 0 fully saturated rings. The number of likely N-dealkylation sites (N-methyl/N-ethyl adjacent to an activating group) is 1. The Labute approximate surface area is 360 Å². The number of amides is 5. The molecule has 10 N–H and O–H groups in total. The molecule has 322 valence electrons. The lowest BCUT2D eigenvalue weighted by atomic mass is 9.93. The zero-order valence-electron chi connectivity index (χ0n) is 34.6. The summed E-state index contributed by atoms with van der Waals surface area (Å²) in [7, 11) is 1.42. The molecular weight excluding hydrogens is 791 g/mol. The molecule has 1 heterocycles. The minimum atomic E-state index is -1.38. The van der Waals surface area contributed by atoms with E-state index in [9.17, 15) is 24.0 Å². The van der Waals surface area contributed by atoms with Crippen molar-refractivity contribution in [3.05, 3.63) is 119 Å². The average Bonchev–Trinajstić information content (AvgIpc) is 3.28. The van der Waals surface area contributed by atoms with Gasteiger partial charge >= 0.3 is 0 Å². The highest BCUT2D eigenvalue weighted by Gasteiger charge is 2.36. The maximum Gasteiger partial charge on any atom is 0.251 e. The molecule has 0 unspecified atom stereocenters. The lowest BCUT2D eigenvalue weighted by Gasteiger charge is -2.32. The van der Waals surface area contributed by atoms with Crippen LogP contribution in [0.4, 0.5) is 0 Å². The molecule has 0 saturated carbocycles. The van der Waals surface area contributed by atoms with Crippen molar-refractivity contribution in [3.8, 4) is 40.5 Å². The van der Waals surface area contributed by atoms with Crippen LogP contribution in [-0.2, 0) is 25.6 Å². The topological polar surface area (TPSA) is 257 Å². The molecule has 4 bridgehead atoms. The highest BCUT2D eigenvalue weighted by molar-refractivity contribution is 5.99. The SMILES string of the molecule is C[C@@H]1NC(=O)[C@@H](N(C)C(=O)[C@H](CCN)NC(=O)c2ccc(C#Cc3ccccc3)cc2)c2ccc(OCCN)c(c2)-c2cc(ccc2OCCN)C[C@@H](C(=O)NCC#N)NC1=O. The highest BCUT2D eigenvalue weighted by Crippen LogP contribution is 2.40. The zero-order valence-corrected chi connectivity index (χ0v) is 34.6. The van der Waals surface area contributed by atoms with E-state index in [1.54, 1.807) is 60.7 Å². The van der Waals surface area contributed by atoms with Gasteiger partial charge in [-0.05, 0) is 91.7 Å². The molecule has 1 aliphatic rings. The first-order valence-electron chi connectivity index (χ1n) is 20.1. The fraction of sp³-hybridized carbons (Fsp3) is 0.304. The summed E-state index contributed by atoms with van der Waals surface area (Å²) in [5.74, 6) is 3.68. The largest absolute Gasteiger partial charge is 0.492 e. The first kappa shape index (κ1) is 45.8. The molecule has 4 aromatic carbocycles. The van der Waals surface area contributed by atoms with Crippen LogP contribution in [-0.4, -0.2) is 99.0 Å². The van der Waals surface area contributed by atoms with Gasteiger partial charge in [0.25, 0.3) is 5.91 Å². The molecular formula is C46H51N9O7. The minimum absolute atomic E-state index is 0.00708. The number of hydrogen-bond donors (Lipinski definition) is 7. The molecule has 16 nitrogen and oxygen atoms in total. The summed E-state index contributed by atoms with van der Waals surface area (Å²) < 4.78 is 12.1. The van der Waals surface area contributed by atoms with E-state index in [2.05, 4.69) is 33.1 Å². The van der Waals surface area contributed by atoms with Crippen LogP contribution in [0.2, 0.25) is 0 Å². The summed E-state index contributed by atoms with van der Waals surface area (Å²) in [6.45, 7) is 1.85. The quantitative estimate of drug-likeness (QED) is 0.0703. The van der Waals surface area contributed by atoms with Crippen LogP contribution in [0.3, 0.4) is 0 Å². The number of nitrogens with zero attached hydrogens (tertiary/aromatic N) is 2. The van der Waals surface area contributed by atoms with Gasteiger partial charge in [-0.3, -0.25) is 24.0 Å². The highest BCUT2D eigenvalue weighted by atomic mass is 16.5. The van der Waals surface area contributed by atoms with E-state index in [0.29, 0.717) is 39.3 Å². The summed E-state index contributed by atoms with van der Waals surface area (Å²) in [5.41, 5.74) is 21.3. The molecule has 5 amide bonds. The fourth-order valence-corrected chi connectivity index (χ4v) is 6.74. The van der Waals surface area contributed by atoms with Crippen molar-refractivity contribution >= 4 is 29.5 Å². The Bertz CT molecular complexity index is 2340. The molecule has 4 aromatic rings. The van der Waals surface area contributed by atoms with E-state index >= 15 is 0 Å². The number of rotatable bonds is 14. The number of hydrogen-bond acceptors (Lipinski definition) is 11. The third kappa shape index (κ3) is 11.9. The Balaban J connectivity index is 1.55. The van der Waals surface area contributed by atoms with Gasteiger partial charge in [0, 0.05) is 54.4 Å². The monoisotopic (exact) mass is 841 g/mol. The van der Waals surface area contributed by atoms with Gasteiger partial charge in [0.05, 0.1) is 6.07 Å². The predicted octanol–water partition coefficient (Wildman–Crippen LogP) is 1.26. The smallest absolute Gasteiger partial charge is 0.251 e. The van der Waals surface area contributed by atoms with Crippen LogP contribution in [0.25, 0.3) is 11.1 Å². The second-order valence-corrected chi connectivity index (χ2v) is 14.4. The van der Waals surface area contributed by atoms with E-state index in [1.807, 2.05) is 36.4 Å². The summed E-state index contributed by atoms with van der Waals surface area (Å²) in [6.07, 6.45) is 0.0385. The lowest BCUT2D eigenvalue weighted by molar-refractivity contribution is -0.141. The Morgan fingerprint density at radius 1 is 0.823 bits per heavy atom. The third-order valence-electron chi connectivity index (χ3n) is 9.88. The second kappa shape index (κ2) is 22.4. The molecule has 4 atom stereocenters. The zero-order chi connectivity index (χ0) is 44.6. The first-order chi connectivity index (χ1) is 30.0. The van der Waals surface area contributed by atoms with Gasteiger partial charge in [0.1, 0.15) is 55.4 Å². The number of nitrogens with one attached hydrogen (secondary N) is 4. The number of carbonyl (C=O) groups excluding carboxylic acids is 5. The first-order valence-corrected chi connectivity index (χ1v) is 20.1. The number of carbonyl (C=O) groups is 5. The van der Waals surface area contributed by atoms with Crippen molar-refractivity contribution in [3.63, 3.8) is 0 Å². The van der Waals surface area contributed by atoms with Crippen LogP contribution in [0, 0.1) is 23.2 Å². The van der Waals surface area contributed by atoms with E-state index < -0.39 is 53.7 Å². The average molecular weight is 842 g/mol. The summed E-state index contributed by atoms with van der Waals surface area (Å²) in [6, 6.07) is 23.2. The standard InChI is InChI=1S/C46H51N9O7/c1-29-42(56)54-38(44(58)51-23-20-48)27-32-12-16-39(61-24-21-49)35(26-32)36-28-34(15-17-40(36)62-25-22-50)41(45(59)52-29)55(2)46(60)37(18-19-47)53-43(57)33-13-10-31(11-14-33)9-8-30-6-4-3-5-7-30/h3-7,10-17,26,28-29,37-38,41H,18-19,21-25,27,47,49-50H2,1-2H3,(H,51,58)(H,52,59)(H,53,57)(H,54,56)/t29-,37-,38-,41-/m0/s1. The molecule has 0 aliphatic carbocycles. The number of nitrogens with two attached hydrogens (primary N) is 3. The molecule has 1 aliphatic heterocycles. The van der Waals surface area contributed by atoms with E-state index in [4.69, 9.17) is 31.9 Å². The van der Waals surface area contributed by atoms with Crippen molar-refractivity contribution in [1.82, 2.24) is 26.2 Å². The Morgan fingerprint density at radius 3 is 2.08 bits per heavy atom. The van der Waals surface area contributed by atoms with Crippen molar-refractivity contribution in [2.24, 2.45) is 17.2 Å². The van der Waals surface area contributed by atoms with Gasteiger partial charge in [-0.1, -0.05) is 42.2 Å². The third-order valence-corrected chi connectivity index (χ3v) is 9.88. The van der Waals surface area contributed by atoms with Crippen molar-refractivity contribution < 1.29 is 33.4 Å². The maximum absolute atomic E-state index is 14.5. The van der Waals surface area contributed by atoms with Crippen LogP contribution in [0.15, 0.2) is 91.0 Å². The minimum Gasteiger partial charge on any atom is -0.492 e. The van der Waals surface area contributed by atoms with Crippen LogP contribution in [0.1, 0.15) is 52.0 Å². The molecule has 0 spiro atoms. The lowest BCUT2D eigenvalue weighted by Crippen LogP contribution is -2.56. The van der Waals surface area contributed by atoms with Gasteiger partial charge in [0.15, 0.2) is 0 Å². The number of benzene rings is 4. The van der Waals surface area contributed by atoms with Crippen LogP contribution in [0.5, 0.6) is 11.5 Å². The Kier molecular flexibility index (Phi) is 16.6. The van der Waals surface area contributed by atoms with Gasteiger partial charge < -0.3 is 52.8 Å². The molecule has 5 rings (SSSR count). The van der Waals surface area contributed by atoms with Gasteiger partial charge in [-0.2, -0.15) is 5.26 Å². The number of ether oxygens (including phenoxy) is 2. The number of fused-ring (bicyclic) bond motifs is 5. The van der Waals surface area contributed by atoms with Crippen LogP contribution >= 0.6 is 0 Å². The Hall–Kier alpha value is -7.24. The molecule has 62 heavy (non-hydrogen) atoms. The normalized spacial score (nSPS) is 16.4.